The van der Waals surface area contributed by atoms with E-state index in [2.05, 4.69) is 34.9 Å². The van der Waals surface area contributed by atoms with Gasteiger partial charge in [-0.15, -0.1) is 0 Å². The summed E-state index contributed by atoms with van der Waals surface area (Å²) < 4.78 is 16.9. The summed E-state index contributed by atoms with van der Waals surface area (Å²) in [5.74, 6) is 0.757. The number of hydrogen-bond acceptors (Lipinski definition) is 5. The van der Waals surface area contributed by atoms with Gasteiger partial charge in [0.25, 0.3) is 0 Å². The maximum Gasteiger partial charge on any atom is 0.325 e. The fraction of sp³-hybridized carbons (Fsp3) is 0.375. The summed E-state index contributed by atoms with van der Waals surface area (Å²) in [6.45, 7) is 1.75. The normalized spacial score (nSPS) is 11.6. The van der Waals surface area contributed by atoms with Crippen LogP contribution < -0.4 is 15.4 Å². The van der Waals surface area contributed by atoms with Gasteiger partial charge in [0.15, 0.2) is 0 Å². The lowest BCUT2D eigenvalue weighted by Crippen LogP contribution is -2.16. The quantitative estimate of drug-likeness (QED) is 0.141. The zero-order valence-electron chi connectivity index (χ0n) is 18.4. The highest BCUT2D eigenvalue weighted by molar-refractivity contribution is 7.51. The highest BCUT2D eigenvalue weighted by Crippen LogP contribution is 2.34. The molecule has 0 amide bonds. The van der Waals surface area contributed by atoms with Gasteiger partial charge >= 0.3 is 7.60 Å². The van der Waals surface area contributed by atoms with Crippen LogP contribution in [0.1, 0.15) is 36.8 Å². The third-order valence-corrected chi connectivity index (χ3v) is 5.72. The Morgan fingerprint density at radius 3 is 2.56 bits per heavy atom. The number of benzene rings is 2. The van der Waals surface area contributed by atoms with Gasteiger partial charge in [-0.05, 0) is 68.0 Å². The number of hydrogen-bond donors (Lipinski definition) is 5. The van der Waals surface area contributed by atoms with E-state index in [9.17, 15) is 4.57 Å². The van der Waals surface area contributed by atoms with Crippen molar-refractivity contribution < 1.29 is 19.1 Å². The summed E-state index contributed by atoms with van der Waals surface area (Å²) in [7, 11) is -3.93. The van der Waals surface area contributed by atoms with Crippen LogP contribution in [0.25, 0.3) is 0 Å². The average molecular weight is 460 g/mol. The molecule has 2 aromatic rings. The SMILES string of the molecule is N=C/C=C\Nc1cc(CNCCCP(=O)(O)O)ccc1OCCCCCc1ccccc1. The Morgan fingerprint density at radius 1 is 1.00 bits per heavy atom. The van der Waals surface area contributed by atoms with Crippen molar-refractivity contribution in [2.24, 2.45) is 0 Å². The Hall–Kier alpha value is -2.44. The van der Waals surface area contributed by atoms with E-state index in [1.54, 1.807) is 12.3 Å². The van der Waals surface area contributed by atoms with Crippen molar-refractivity contribution in [3.63, 3.8) is 0 Å². The van der Waals surface area contributed by atoms with Crippen molar-refractivity contribution >= 4 is 19.5 Å². The minimum atomic E-state index is -3.93. The first kappa shape index (κ1) is 25.8. The number of allylic oxidation sites excluding steroid dienone is 1. The first-order valence-electron chi connectivity index (χ1n) is 10.9. The maximum absolute atomic E-state index is 10.9. The molecule has 0 unspecified atom stereocenters. The highest BCUT2D eigenvalue weighted by atomic mass is 31.2. The lowest BCUT2D eigenvalue weighted by atomic mass is 10.1. The third-order valence-electron chi connectivity index (χ3n) is 4.82. The second kappa shape index (κ2) is 14.6. The fourth-order valence-corrected chi connectivity index (χ4v) is 3.76. The van der Waals surface area contributed by atoms with Crippen LogP contribution in [0.3, 0.4) is 0 Å². The van der Waals surface area contributed by atoms with Crippen LogP contribution >= 0.6 is 7.60 Å². The summed E-state index contributed by atoms with van der Waals surface area (Å²) in [5.41, 5.74) is 3.22. The molecule has 8 heteroatoms. The summed E-state index contributed by atoms with van der Waals surface area (Å²) in [6.07, 6.45) is 9.08. The van der Waals surface area contributed by atoms with Gasteiger partial charge in [-0.25, -0.2) is 0 Å². The van der Waals surface area contributed by atoms with Crippen molar-refractivity contribution in [2.45, 2.75) is 38.6 Å². The van der Waals surface area contributed by atoms with Gasteiger partial charge in [-0.1, -0.05) is 36.4 Å². The van der Waals surface area contributed by atoms with Crippen molar-refractivity contribution in [1.29, 1.82) is 5.41 Å². The molecule has 0 aliphatic rings. The standard InChI is InChI=1S/C24H34N3O4P/c25-14-7-16-27-23-19-22(20-26-15-8-18-32(28,29)30)12-13-24(23)31-17-6-2-5-11-21-9-3-1-4-10-21/h1,3-4,7,9-10,12-14,16,19,25-27H,2,5-6,8,11,15,17-18,20H2,(H2,28,29,30)/b16-7-,25-14?. The number of aryl methyl sites for hydroxylation is 1. The predicted octanol–water partition coefficient (Wildman–Crippen LogP) is 4.71. The number of unbranched alkanes of at least 4 members (excludes halogenated alkanes) is 2. The van der Waals surface area contributed by atoms with E-state index in [-0.39, 0.29) is 6.16 Å². The molecule has 0 bridgehead atoms. The van der Waals surface area contributed by atoms with Crippen LogP contribution in [0.2, 0.25) is 0 Å². The lowest BCUT2D eigenvalue weighted by Gasteiger charge is -2.14. The molecule has 2 rings (SSSR count). The monoisotopic (exact) mass is 459 g/mol. The minimum absolute atomic E-state index is 0.112. The van der Waals surface area contributed by atoms with E-state index in [4.69, 9.17) is 19.9 Å². The second-order valence-corrected chi connectivity index (χ2v) is 9.34. The molecule has 0 aliphatic carbocycles. The largest absolute Gasteiger partial charge is 0.491 e. The Labute approximate surface area is 190 Å². The summed E-state index contributed by atoms with van der Waals surface area (Å²) in [4.78, 5) is 17.8. The van der Waals surface area contributed by atoms with Crippen LogP contribution in [0.4, 0.5) is 5.69 Å². The van der Waals surface area contributed by atoms with Crippen molar-refractivity contribution in [1.82, 2.24) is 5.32 Å². The summed E-state index contributed by atoms with van der Waals surface area (Å²) in [6, 6.07) is 16.4. The van der Waals surface area contributed by atoms with Crippen LogP contribution in [0.5, 0.6) is 5.75 Å². The first-order valence-corrected chi connectivity index (χ1v) is 12.7. The molecular formula is C24H34N3O4P. The summed E-state index contributed by atoms with van der Waals surface area (Å²) >= 11 is 0. The predicted molar refractivity (Wildman–Crippen MR) is 131 cm³/mol. The van der Waals surface area contributed by atoms with Gasteiger partial charge in [-0.3, -0.25) is 4.57 Å². The molecule has 0 saturated carbocycles. The molecule has 7 nitrogen and oxygen atoms in total. The molecule has 0 radical (unpaired) electrons. The fourth-order valence-electron chi connectivity index (χ4n) is 3.19. The minimum Gasteiger partial charge on any atom is -0.491 e. The second-order valence-electron chi connectivity index (χ2n) is 7.56. The van der Waals surface area contributed by atoms with Crippen LogP contribution in [0, 0.1) is 5.41 Å². The molecule has 0 heterocycles. The highest BCUT2D eigenvalue weighted by Gasteiger charge is 2.11. The number of ether oxygens (including phenoxy) is 1. The van der Waals surface area contributed by atoms with Gasteiger partial charge in [0.2, 0.25) is 0 Å². The van der Waals surface area contributed by atoms with Crippen LogP contribution in [0.15, 0.2) is 60.8 Å². The van der Waals surface area contributed by atoms with Crippen LogP contribution in [-0.2, 0) is 17.5 Å². The topological polar surface area (TPSA) is 115 Å². The third kappa shape index (κ3) is 11.3. The molecule has 0 fully saturated rings. The molecule has 174 valence electrons. The summed E-state index contributed by atoms with van der Waals surface area (Å²) in [5, 5.41) is 13.5. The average Bonchev–Trinajstić information content (AvgIpc) is 2.77. The molecule has 2 aromatic carbocycles. The van der Waals surface area contributed by atoms with E-state index < -0.39 is 7.60 Å². The van der Waals surface area contributed by atoms with Crippen molar-refractivity contribution in [3.8, 4) is 5.75 Å². The molecule has 0 aromatic heterocycles. The van der Waals surface area contributed by atoms with Crippen molar-refractivity contribution in [3.05, 3.63) is 71.9 Å². The lowest BCUT2D eigenvalue weighted by molar-refractivity contribution is 0.306. The van der Waals surface area contributed by atoms with Crippen LogP contribution in [-0.4, -0.2) is 35.3 Å². The van der Waals surface area contributed by atoms with Gasteiger partial charge in [0, 0.05) is 19.0 Å². The Kier molecular flexibility index (Phi) is 11.8. The van der Waals surface area contributed by atoms with Gasteiger partial charge in [0.05, 0.1) is 18.5 Å². The van der Waals surface area contributed by atoms with E-state index in [0.717, 1.165) is 42.7 Å². The molecule has 32 heavy (non-hydrogen) atoms. The van der Waals surface area contributed by atoms with E-state index in [0.29, 0.717) is 26.1 Å². The van der Waals surface area contributed by atoms with Gasteiger partial charge in [0.1, 0.15) is 5.75 Å². The molecular weight excluding hydrogens is 425 g/mol. The smallest absolute Gasteiger partial charge is 0.325 e. The number of rotatable bonds is 16. The zero-order chi connectivity index (χ0) is 23.1. The van der Waals surface area contributed by atoms with Gasteiger partial charge in [-0.2, -0.15) is 0 Å². The van der Waals surface area contributed by atoms with E-state index >= 15 is 0 Å². The molecule has 5 N–H and O–H groups in total. The maximum atomic E-state index is 10.9. The van der Waals surface area contributed by atoms with E-state index in [1.807, 2.05) is 24.3 Å². The zero-order valence-corrected chi connectivity index (χ0v) is 19.3. The Balaban J connectivity index is 1.79. The molecule has 0 saturated heterocycles. The van der Waals surface area contributed by atoms with E-state index in [1.165, 1.54) is 11.8 Å². The first-order chi connectivity index (χ1) is 15.5. The number of anilines is 1. The number of nitrogens with one attached hydrogen (secondary N) is 3. The van der Waals surface area contributed by atoms with Crippen molar-refractivity contribution in [2.75, 3.05) is 24.6 Å². The molecule has 0 spiro atoms. The van der Waals surface area contributed by atoms with Gasteiger partial charge < -0.3 is 30.6 Å². The Bertz CT molecular complexity index is 884. The molecule has 0 aliphatic heterocycles. The Morgan fingerprint density at radius 2 is 1.81 bits per heavy atom. The molecule has 0 atom stereocenters.